The van der Waals surface area contributed by atoms with Crippen molar-refractivity contribution in [2.75, 3.05) is 11.9 Å². The molecule has 4 nitrogen and oxygen atoms in total. The van der Waals surface area contributed by atoms with E-state index in [-0.39, 0.29) is 5.91 Å². The first kappa shape index (κ1) is 16.1. The molecule has 0 aliphatic rings. The number of aryl methyl sites for hydroxylation is 2. The Bertz CT molecular complexity index is 880. The zero-order valence-electron chi connectivity index (χ0n) is 14.3. The molecule has 1 aromatic heterocycles. The van der Waals surface area contributed by atoms with E-state index in [9.17, 15) is 4.79 Å². The molecule has 4 heteroatoms. The van der Waals surface area contributed by atoms with Crippen molar-refractivity contribution in [1.82, 2.24) is 4.98 Å². The molecule has 1 amide bonds. The minimum absolute atomic E-state index is 0.0277. The molecule has 0 radical (unpaired) electrons. The van der Waals surface area contributed by atoms with Crippen LogP contribution < -0.4 is 10.1 Å². The Kier molecular flexibility index (Phi) is 4.56. The van der Waals surface area contributed by atoms with Crippen LogP contribution in [0, 0.1) is 13.8 Å². The molecule has 0 fully saturated rings. The monoisotopic (exact) mass is 322 g/mol. The van der Waals surface area contributed by atoms with E-state index in [1.54, 1.807) is 0 Å². The maximum atomic E-state index is 12.4. The molecule has 24 heavy (non-hydrogen) atoms. The molecular weight excluding hydrogens is 300 g/mol. The summed E-state index contributed by atoms with van der Waals surface area (Å²) < 4.78 is 5.52. The second-order valence-corrected chi connectivity index (χ2v) is 6.00. The van der Waals surface area contributed by atoms with Crippen molar-refractivity contribution in [3.05, 3.63) is 59.3 Å². The molecule has 3 aromatic rings. The number of benzene rings is 2. The van der Waals surface area contributed by atoms with Crippen LogP contribution in [0.2, 0.25) is 0 Å². The highest BCUT2D eigenvalue weighted by atomic mass is 16.5. The number of rotatable bonds is 5. The van der Waals surface area contributed by atoms with Gasteiger partial charge in [0.2, 0.25) is 5.91 Å². The molecule has 0 spiro atoms. The van der Waals surface area contributed by atoms with Crippen molar-refractivity contribution in [2.45, 2.75) is 27.2 Å². The summed E-state index contributed by atoms with van der Waals surface area (Å²) in [6, 6.07) is 11.9. The maximum absolute atomic E-state index is 12.4. The quantitative estimate of drug-likeness (QED) is 0.733. The van der Waals surface area contributed by atoms with Crippen molar-refractivity contribution in [3.8, 4) is 5.75 Å². The zero-order chi connectivity index (χ0) is 17.1. The van der Waals surface area contributed by atoms with E-state index in [1.807, 2.05) is 38.2 Å². The Morgan fingerprint density at radius 2 is 2.00 bits per heavy atom. The summed E-state index contributed by atoms with van der Waals surface area (Å²) in [5, 5.41) is 4.05. The summed E-state index contributed by atoms with van der Waals surface area (Å²) in [4.78, 5) is 15.6. The number of hydrogen-bond donors (Lipinski definition) is 2. The van der Waals surface area contributed by atoms with Gasteiger partial charge in [0.1, 0.15) is 5.75 Å². The van der Waals surface area contributed by atoms with Crippen LogP contribution in [0.3, 0.4) is 0 Å². The van der Waals surface area contributed by atoms with E-state index in [0.29, 0.717) is 13.0 Å². The molecule has 0 aliphatic carbocycles. The van der Waals surface area contributed by atoms with E-state index in [0.717, 1.165) is 33.5 Å². The van der Waals surface area contributed by atoms with Crippen molar-refractivity contribution in [1.29, 1.82) is 0 Å². The molecule has 0 aliphatic heterocycles. The lowest BCUT2D eigenvalue weighted by Gasteiger charge is -2.10. The van der Waals surface area contributed by atoms with Crippen LogP contribution in [0.25, 0.3) is 10.9 Å². The van der Waals surface area contributed by atoms with Gasteiger partial charge in [0, 0.05) is 22.8 Å². The molecule has 0 unspecified atom stereocenters. The Hall–Kier alpha value is -2.75. The fraction of sp³-hybridized carbons (Fsp3) is 0.250. The second-order valence-electron chi connectivity index (χ2n) is 6.00. The van der Waals surface area contributed by atoms with E-state index in [4.69, 9.17) is 4.74 Å². The van der Waals surface area contributed by atoms with E-state index in [2.05, 4.69) is 35.4 Å². The number of fused-ring (bicyclic) bond motifs is 1. The Labute approximate surface area is 141 Å². The molecule has 3 rings (SSSR count). The molecule has 1 heterocycles. The minimum atomic E-state index is -0.0277. The molecule has 0 saturated heterocycles. The topological polar surface area (TPSA) is 54.1 Å². The third-order valence-electron chi connectivity index (χ3n) is 4.03. The maximum Gasteiger partial charge on any atom is 0.228 e. The van der Waals surface area contributed by atoms with E-state index >= 15 is 0 Å². The van der Waals surface area contributed by atoms with Gasteiger partial charge in [-0.1, -0.05) is 12.1 Å². The summed E-state index contributed by atoms with van der Waals surface area (Å²) in [6.07, 6.45) is 2.25. The van der Waals surface area contributed by atoms with Gasteiger partial charge in [0.05, 0.1) is 13.0 Å². The molecule has 0 atom stereocenters. The van der Waals surface area contributed by atoms with Gasteiger partial charge in [-0.3, -0.25) is 4.79 Å². The third kappa shape index (κ3) is 3.43. The molecule has 2 aromatic carbocycles. The first-order valence-electron chi connectivity index (χ1n) is 8.16. The highest BCUT2D eigenvalue weighted by molar-refractivity contribution is 5.96. The zero-order valence-corrected chi connectivity index (χ0v) is 14.3. The molecule has 0 saturated carbocycles. The number of aromatic amines is 1. The summed E-state index contributed by atoms with van der Waals surface area (Å²) >= 11 is 0. The normalized spacial score (nSPS) is 10.8. The van der Waals surface area contributed by atoms with Gasteiger partial charge in [-0.2, -0.15) is 0 Å². The summed E-state index contributed by atoms with van der Waals surface area (Å²) in [7, 11) is 0. The van der Waals surface area contributed by atoms with Crippen LogP contribution in [0.1, 0.15) is 23.6 Å². The average Bonchev–Trinajstić information content (AvgIpc) is 2.92. The average molecular weight is 322 g/mol. The lowest BCUT2D eigenvalue weighted by Crippen LogP contribution is -2.14. The number of amides is 1. The SMILES string of the molecule is CCOc1ccc(NC(=O)Cc2c[nH]c3cc(C)ccc23)cc1C. The van der Waals surface area contributed by atoms with Crippen LogP contribution in [-0.2, 0) is 11.2 Å². The van der Waals surface area contributed by atoms with Crippen molar-refractivity contribution < 1.29 is 9.53 Å². The predicted octanol–water partition coefficient (Wildman–Crippen LogP) is 4.36. The van der Waals surface area contributed by atoms with Gasteiger partial charge in [0.25, 0.3) is 0 Å². The summed E-state index contributed by atoms with van der Waals surface area (Å²) in [6.45, 7) is 6.62. The number of carbonyl (C=O) groups is 1. The Morgan fingerprint density at radius 1 is 1.17 bits per heavy atom. The molecule has 2 N–H and O–H groups in total. The number of ether oxygens (including phenoxy) is 1. The van der Waals surface area contributed by atoms with Crippen LogP contribution in [0.5, 0.6) is 5.75 Å². The van der Waals surface area contributed by atoms with Gasteiger partial charge in [-0.25, -0.2) is 0 Å². The minimum Gasteiger partial charge on any atom is -0.494 e. The Balaban J connectivity index is 1.72. The number of hydrogen-bond acceptors (Lipinski definition) is 2. The first-order chi connectivity index (χ1) is 11.6. The van der Waals surface area contributed by atoms with Crippen molar-refractivity contribution >= 4 is 22.5 Å². The van der Waals surface area contributed by atoms with Gasteiger partial charge >= 0.3 is 0 Å². The molecule has 124 valence electrons. The van der Waals surface area contributed by atoms with Crippen LogP contribution in [0.15, 0.2) is 42.6 Å². The van der Waals surface area contributed by atoms with E-state index < -0.39 is 0 Å². The number of aromatic nitrogens is 1. The summed E-state index contributed by atoms with van der Waals surface area (Å²) in [5.74, 6) is 0.822. The largest absolute Gasteiger partial charge is 0.494 e. The fourth-order valence-corrected chi connectivity index (χ4v) is 2.87. The predicted molar refractivity (Wildman–Crippen MR) is 97.7 cm³/mol. The lowest BCUT2D eigenvalue weighted by atomic mass is 10.1. The number of H-pyrrole nitrogens is 1. The Morgan fingerprint density at radius 3 is 2.75 bits per heavy atom. The van der Waals surface area contributed by atoms with Crippen LogP contribution in [0.4, 0.5) is 5.69 Å². The number of nitrogens with one attached hydrogen (secondary N) is 2. The van der Waals surface area contributed by atoms with Gasteiger partial charge in [-0.05, 0) is 61.7 Å². The van der Waals surface area contributed by atoms with Gasteiger partial charge in [0.15, 0.2) is 0 Å². The number of anilines is 1. The smallest absolute Gasteiger partial charge is 0.228 e. The fourth-order valence-electron chi connectivity index (χ4n) is 2.87. The second kappa shape index (κ2) is 6.79. The number of carbonyl (C=O) groups excluding carboxylic acids is 1. The molecular formula is C20H22N2O2. The van der Waals surface area contributed by atoms with Crippen LogP contribution in [-0.4, -0.2) is 17.5 Å². The highest BCUT2D eigenvalue weighted by Gasteiger charge is 2.10. The van der Waals surface area contributed by atoms with Gasteiger partial charge < -0.3 is 15.0 Å². The van der Waals surface area contributed by atoms with Crippen molar-refractivity contribution in [2.24, 2.45) is 0 Å². The van der Waals surface area contributed by atoms with Crippen molar-refractivity contribution in [3.63, 3.8) is 0 Å². The third-order valence-corrected chi connectivity index (χ3v) is 4.03. The van der Waals surface area contributed by atoms with Crippen LogP contribution >= 0.6 is 0 Å². The van der Waals surface area contributed by atoms with Gasteiger partial charge in [-0.15, -0.1) is 0 Å². The molecule has 0 bridgehead atoms. The highest BCUT2D eigenvalue weighted by Crippen LogP contribution is 2.23. The lowest BCUT2D eigenvalue weighted by molar-refractivity contribution is -0.115. The van der Waals surface area contributed by atoms with E-state index in [1.165, 1.54) is 5.56 Å². The standard InChI is InChI=1S/C20H22N2O2/c1-4-24-19-8-6-16(10-14(19)3)22-20(23)11-15-12-21-18-9-13(2)5-7-17(15)18/h5-10,12,21H,4,11H2,1-3H3,(H,22,23). The summed E-state index contributed by atoms with van der Waals surface area (Å²) in [5.41, 5.74) is 5.07. The first-order valence-corrected chi connectivity index (χ1v) is 8.16.